The third kappa shape index (κ3) is 1.18. The van der Waals surface area contributed by atoms with E-state index in [1.807, 2.05) is 0 Å². The van der Waals surface area contributed by atoms with Gasteiger partial charge in [0, 0.05) is 6.07 Å². The molecule has 0 spiro atoms. The average molecular weight is 207 g/mol. The van der Waals surface area contributed by atoms with Crippen LogP contribution in [0.3, 0.4) is 0 Å². The van der Waals surface area contributed by atoms with Crippen LogP contribution in [0.4, 0.5) is 5.69 Å². The van der Waals surface area contributed by atoms with E-state index in [9.17, 15) is 19.7 Å². The Labute approximate surface area is 83.6 Å². The van der Waals surface area contributed by atoms with E-state index in [2.05, 4.69) is 4.74 Å². The van der Waals surface area contributed by atoms with E-state index >= 15 is 0 Å². The van der Waals surface area contributed by atoms with E-state index in [1.54, 1.807) is 6.92 Å². The number of cyclic esters (lactones) is 2. The second-order valence-electron chi connectivity index (χ2n) is 3.09. The van der Waals surface area contributed by atoms with Crippen molar-refractivity contribution in [3.63, 3.8) is 0 Å². The van der Waals surface area contributed by atoms with Crippen molar-refractivity contribution in [1.82, 2.24) is 0 Å². The summed E-state index contributed by atoms with van der Waals surface area (Å²) in [6.07, 6.45) is 0. The van der Waals surface area contributed by atoms with Crippen molar-refractivity contribution in [2.24, 2.45) is 0 Å². The third-order valence-electron chi connectivity index (χ3n) is 2.18. The maximum absolute atomic E-state index is 11.2. The van der Waals surface area contributed by atoms with Crippen LogP contribution in [0.15, 0.2) is 12.1 Å². The minimum atomic E-state index is -0.953. The van der Waals surface area contributed by atoms with Crippen molar-refractivity contribution < 1.29 is 19.2 Å². The second-order valence-corrected chi connectivity index (χ2v) is 3.09. The molecule has 0 amide bonds. The molecular weight excluding hydrogens is 202 g/mol. The molecular formula is C9H5NO5. The molecule has 6 nitrogen and oxygen atoms in total. The first kappa shape index (κ1) is 9.32. The van der Waals surface area contributed by atoms with Gasteiger partial charge < -0.3 is 4.74 Å². The summed E-state index contributed by atoms with van der Waals surface area (Å²) in [4.78, 5) is 32.3. The number of hydrogen-bond donors (Lipinski definition) is 0. The molecule has 0 aromatic heterocycles. The fraction of sp³-hybridized carbons (Fsp3) is 0.111. The highest BCUT2D eigenvalue weighted by molar-refractivity contribution is 6.17. The maximum Gasteiger partial charge on any atom is 0.353 e. The van der Waals surface area contributed by atoms with E-state index in [4.69, 9.17) is 0 Å². The molecule has 1 heterocycles. The van der Waals surface area contributed by atoms with Gasteiger partial charge in [-0.2, -0.15) is 0 Å². The first-order valence-electron chi connectivity index (χ1n) is 4.07. The molecule has 0 unspecified atom stereocenters. The third-order valence-corrected chi connectivity index (χ3v) is 2.18. The Bertz CT molecular complexity index is 505. The van der Waals surface area contributed by atoms with Gasteiger partial charge in [-0.1, -0.05) is 6.07 Å². The van der Waals surface area contributed by atoms with Gasteiger partial charge in [0.1, 0.15) is 0 Å². The summed E-state index contributed by atoms with van der Waals surface area (Å²) < 4.78 is 4.32. The molecule has 0 bridgehead atoms. The Hall–Kier alpha value is -2.24. The smallest absolute Gasteiger partial charge is 0.353 e. The lowest BCUT2D eigenvalue weighted by Crippen LogP contribution is -2.01. The van der Waals surface area contributed by atoms with Crippen LogP contribution in [0.25, 0.3) is 0 Å². The van der Waals surface area contributed by atoms with Crippen LogP contribution >= 0.6 is 0 Å². The molecule has 0 radical (unpaired) electrons. The molecule has 1 aromatic rings. The highest BCUT2D eigenvalue weighted by Gasteiger charge is 2.38. The molecule has 0 N–H and O–H groups in total. The lowest BCUT2D eigenvalue weighted by atomic mass is 10.0. The molecule has 1 aromatic carbocycles. The van der Waals surface area contributed by atoms with E-state index < -0.39 is 22.5 Å². The van der Waals surface area contributed by atoms with Crippen LogP contribution in [0.2, 0.25) is 0 Å². The predicted molar refractivity (Wildman–Crippen MR) is 47.6 cm³/mol. The summed E-state index contributed by atoms with van der Waals surface area (Å²) in [5.41, 5.74) is -0.155. The van der Waals surface area contributed by atoms with Crippen LogP contribution in [0.1, 0.15) is 26.3 Å². The molecule has 76 valence electrons. The average Bonchev–Trinajstić information content (AvgIpc) is 2.43. The number of aryl methyl sites for hydroxylation is 1. The zero-order valence-corrected chi connectivity index (χ0v) is 7.64. The van der Waals surface area contributed by atoms with Gasteiger partial charge >= 0.3 is 11.9 Å². The molecule has 0 saturated heterocycles. The van der Waals surface area contributed by atoms with E-state index in [0.717, 1.165) is 0 Å². The number of esters is 2. The van der Waals surface area contributed by atoms with Crippen molar-refractivity contribution in [2.45, 2.75) is 6.92 Å². The highest BCUT2D eigenvalue weighted by atomic mass is 16.6. The molecule has 2 rings (SSSR count). The van der Waals surface area contributed by atoms with Gasteiger partial charge in [0.25, 0.3) is 5.69 Å². The highest BCUT2D eigenvalue weighted by Crippen LogP contribution is 2.31. The second kappa shape index (κ2) is 2.88. The molecule has 0 saturated carbocycles. The number of nitrogens with zero attached hydrogens (tertiary/aromatic N) is 1. The maximum atomic E-state index is 11.2. The molecule has 6 heteroatoms. The zero-order valence-electron chi connectivity index (χ0n) is 7.64. The number of fused-ring (bicyclic) bond motifs is 1. The molecule has 0 aliphatic carbocycles. The number of carbonyl (C=O) groups excluding carboxylic acids is 2. The van der Waals surface area contributed by atoms with Crippen LogP contribution in [0, 0.1) is 17.0 Å². The Balaban J connectivity index is 2.81. The van der Waals surface area contributed by atoms with Crippen molar-refractivity contribution in [3.8, 4) is 0 Å². The first-order chi connectivity index (χ1) is 7.02. The molecule has 0 fully saturated rings. The van der Waals surface area contributed by atoms with Gasteiger partial charge in [0.05, 0.1) is 10.5 Å². The Morgan fingerprint density at radius 1 is 1.20 bits per heavy atom. The number of nitro benzene ring substituents is 1. The van der Waals surface area contributed by atoms with Crippen molar-refractivity contribution in [1.29, 1.82) is 0 Å². The normalized spacial score (nSPS) is 13.7. The largest absolute Gasteiger partial charge is 0.385 e. The SMILES string of the molecule is Cc1ccc([N+](=O)[O-])c2c1C(=O)OC2=O. The minimum Gasteiger partial charge on any atom is -0.385 e. The standard InChI is InChI=1S/C9H5NO5/c1-4-2-3-5(10(13)14)7-6(4)8(11)15-9(7)12/h2-3H,1H3. The summed E-state index contributed by atoms with van der Waals surface area (Å²) in [5, 5.41) is 10.6. The lowest BCUT2D eigenvalue weighted by Gasteiger charge is -1.98. The van der Waals surface area contributed by atoms with Gasteiger partial charge in [-0.25, -0.2) is 9.59 Å². The Morgan fingerprint density at radius 2 is 1.80 bits per heavy atom. The lowest BCUT2D eigenvalue weighted by molar-refractivity contribution is -0.385. The number of hydrogen-bond acceptors (Lipinski definition) is 5. The topological polar surface area (TPSA) is 86.5 Å². The molecule has 1 aliphatic heterocycles. The quantitative estimate of drug-likeness (QED) is 0.299. The number of benzene rings is 1. The Kier molecular flexibility index (Phi) is 1.79. The number of ether oxygens (including phenoxy) is 1. The number of nitro groups is 1. The van der Waals surface area contributed by atoms with Crippen LogP contribution < -0.4 is 0 Å². The van der Waals surface area contributed by atoms with Crippen LogP contribution in [-0.4, -0.2) is 16.9 Å². The monoisotopic (exact) mass is 207 g/mol. The summed E-state index contributed by atoms with van der Waals surface area (Å²) in [6, 6.07) is 2.60. The number of rotatable bonds is 1. The predicted octanol–water partition coefficient (Wildman–Crippen LogP) is 1.21. The summed E-state index contributed by atoms with van der Waals surface area (Å²) in [5.74, 6) is -1.78. The van der Waals surface area contributed by atoms with E-state index in [1.165, 1.54) is 12.1 Å². The van der Waals surface area contributed by atoms with E-state index in [0.29, 0.717) is 5.56 Å². The van der Waals surface area contributed by atoms with Crippen molar-refractivity contribution in [2.75, 3.05) is 0 Å². The van der Waals surface area contributed by atoms with Gasteiger partial charge in [0.2, 0.25) is 0 Å². The zero-order chi connectivity index (χ0) is 11.2. The van der Waals surface area contributed by atoms with E-state index in [-0.39, 0.29) is 11.1 Å². The first-order valence-corrected chi connectivity index (χ1v) is 4.07. The van der Waals surface area contributed by atoms with Crippen LogP contribution in [-0.2, 0) is 4.74 Å². The summed E-state index contributed by atoms with van der Waals surface area (Å²) in [7, 11) is 0. The van der Waals surface area contributed by atoms with Crippen LogP contribution in [0.5, 0.6) is 0 Å². The van der Waals surface area contributed by atoms with Gasteiger partial charge in [-0.05, 0) is 12.5 Å². The number of carbonyl (C=O) groups is 2. The van der Waals surface area contributed by atoms with Crippen molar-refractivity contribution in [3.05, 3.63) is 38.9 Å². The fourth-order valence-electron chi connectivity index (χ4n) is 1.50. The summed E-state index contributed by atoms with van der Waals surface area (Å²) in [6.45, 7) is 1.59. The molecule has 1 aliphatic rings. The summed E-state index contributed by atoms with van der Waals surface area (Å²) >= 11 is 0. The van der Waals surface area contributed by atoms with Gasteiger partial charge in [-0.15, -0.1) is 0 Å². The molecule has 0 atom stereocenters. The fourth-order valence-corrected chi connectivity index (χ4v) is 1.50. The van der Waals surface area contributed by atoms with Crippen molar-refractivity contribution >= 4 is 17.6 Å². The minimum absolute atomic E-state index is 0.00537. The molecule has 15 heavy (non-hydrogen) atoms. The van der Waals surface area contributed by atoms with Gasteiger partial charge in [-0.3, -0.25) is 10.1 Å². The van der Waals surface area contributed by atoms with Gasteiger partial charge in [0.15, 0.2) is 5.56 Å². The Morgan fingerprint density at radius 3 is 2.40 bits per heavy atom.